The molecule has 2 radical (unpaired) electrons. The lowest BCUT2D eigenvalue weighted by molar-refractivity contribution is -0.126. The van der Waals surface area contributed by atoms with Crippen LogP contribution in [0.15, 0.2) is 12.7 Å². The first-order valence-electron chi connectivity index (χ1n) is 12.5. The van der Waals surface area contributed by atoms with Crippen molar-refractivity contribution in [1.82, 2.24) is 4.90 Å². The lowest BCUT2D eigenvalue weighted by Gasteiger charge is -2.35. The molecule has 1 atom stereocenters. The summed E-state index contributed by atoms with van der Waals surface area (Å²) in [5.74, 6) is -0.00554. The lowest BCUT2D eigenvalue weighted by Crippen LogP contribution is -2.49. The predicted octanol–water partition coefficient (Wildman–Crippen LogP) is 6.21. The molecule has 34 heavy (non-hydrogen) atoms. The normalized spacial score (nSPS) is 15.0. The molecule has 0 aliphatic rings. The lowest BCUT2D eigenvalue weighted by atomic mass is 10.3. The molecule has 0 aromatic heterocycles. The van der Waals surface area contributed by atoms with Gasteiger partial charge >= 0.3 is 17.8 Å². The highest BCUT2D eigenvalue weighted by atomic mass is 28.4. The highest BCUT2D eigenvalue weighted by Gasteiger charge is 2.37. The summed E-state index contributed by atoms with van der Waals surface area (Å²) in [7, 11) is -9.13. The van der Waals surface area contributed by atoms with Crippen LogP contribution in [0, 0.1) is 0 Å². The van der Waals surface area contributed by atoms with Gasteiger partial charge in [0.1, 0.15) is 0 Å². The molecule has 200 valence electrons. The van der Waals surface area contributed by atoms with Crippen LogP contribution < -0.4 is 0 Å². The van der Waals surface area contributed by atoms with Crippen LogP contribution in [0.2, 0.25) is 90.7 Å². The summed E-state index contributed by atoms with van der Waals surface area (Å²) >= 11 is 0. The topological polar surface area (TPSA) is 57.2 Å². The fourth-order valence-corrected chi connectivity index (χ4v) is 19.8. The molecule has 0 spiro atoms. The van der Waals surface area contributed by atoms with E-state index in [2.05, 4.69) is 85.1 Å². The van der Waals surface area contributed by atoms with Gasteiger partial charge in [0.15, 0.2) is 25.0 Å². The Morgan fingerprint density at radius 1 is 0.853 bits per heavy atom. The SMILES string of the molecule is C=CC(=O)N(CCC[Si](O[Si](C)(C)C)O[Si](C)(C)C)CCC[Si](C)(OC[Si](C)C)O[Si](C)(C)C. The van der Waals surface area contributed by atoms with Crippen LogP contribution in [0.3, 0.4) is 0 Å². The standard InChI is InChI=1S/C22H53NO5Si6/c1-14-22(24)23(17-15-19-30(26-31(4,5)6)27-32(7,8)9)18-16-20-34(13,25-21-29(2)3)28-33(10,11)12/h14H,1,15-21H2,2-13H3. The summed E-state index contributed by atoms with van der Waals surface area (Å²) in [4.78, 5) is 14.5. The molecule has 6 nitrogen and oxygen atoms in total. The minimum Gasteiger partial charge on any atom is -0.436 e. The Balaban J connectivity index is 5.05. The van der Waals surface area contributed by atoms with Gasteiger partial charge in [0, 0.05) is 19.3 Å². The van der Waals surface area contributed by atoms with E-state index in [0.29, 0.717) is 13.1 Å². The molecule has 0 heterocycles. The molecule has 0 bridgehead atoms. The smallest absolute Gasteiger partial charge is 0.362 e. The molecule has 12 heteroatoms. The van der Waals surface area contributed by atoms with E-state index in [1.807, 2.05) is 4.90 Å². The Morgan fingerprint density at radius 2 is 1.35 bits per heavy atom. The Morgan fingerprint density at radius 3 is 1.76 bits per heavy atom. The zero-order valence-corrected chi connectivity index (χ0v) is 30.2. The summed E-state index contributed by atoms with van der Waals surface area (Å²) in [5, 5.41) is 0. The van der Waals surface area contributed by atoms with E-state index in [1.54, 1.807) is 0 Å². The first kappa shape index (κ1) is 34.4. The number of carbonyl (C=O) groups is 1. The summed E-state index contributed by atoms with van der Waals surface area (Å²) in [6.07, 6.45) is 4.03. The van der Waals surface area contributed by atoms with Gasteiger partial charge in [-0.3, -0.25) is 4.79 Å². The first-order chi connectivity index (χ1) is 15.3. The molecule has 0 saturated heterocycles. The van der Waals surface area contributed by atoms with Crippen LogP contribution in [0.1, 0.15) is 12.8 Å². The molecule has 0 aromatic rings. The third-order valence-electron chi connectivity index (χ3n) is 4.38. The van der Waals surface area contributed by atoms with Crippen LogP contribution in [0.5, 0.6) is 0 Å². The van der Waals surface area contributed by atoms with Crippen molar-refractivity contribution in [2.45, 2.75) is 103 Å². The van der Waals surface area contributed by atoms with E-state index in [9.17, 15) is 4.79 Å². The van der Waals surface area contributed by atoms with Crippen LogP contribution in [0.4, 0.5) is 0 Å². The molecule has 1 amide bonds. The number of carbonyl (C=O) groups excluding carboxylic acids is 1. The Bertz CT molecular complexity index is 602. The zero-order valence-electron chi connectivity index (χ0n) is 24.2. The summed E-state index contributed by atoms with van der Waals surface area (Å²) < 4.78 is 25.8. The van der Waals surface area contributed by atoms with E-state index in [4.69, 9.17) is 16.8 Å². The molecule has 0 aliphatic carbocycles. The third kappa shape index (κ3) is 18.6. The molecule has 0 saturated carbocycles. The van der Waals surface area contributed by atoms with Gasteiger partial charge in [0.05, 0.1) is 8.80 Å². The molecule has 0 aromatic carbocycles. The van der Waals surface area contributed by atoms with E-state index < -0.39 is 51.6 Å². The van der Waals surface area contributed by atoms with Gasteiger partial charge in [-0.2, -0.15) is 0 Å². The molecule has 0 N–H and O–H groups in total. The minimum atomic E-state index is -2.26. The van der Waals surface area contributed by atoms with Crippen LogP contribution in [0.25, 0.3) is 0 Å². The van der Waals surface area contributed by atoms with E-state index in [0.717, 1.165) is 31.2 Å². The van der Waals surface area contributed by atoms with Crippen molar-refractivity contribution in [3.63, 3.8) is 0 Å². The predicted molar refractivity (Wildman–Crippen MR) is 160 cm³/mol. The van der Waals surface area contributed by atoms with Gasteiger partial charge in [0.2, 0.25) is 5.91 Å². The highest BCUT2D eigenvalue weighted by molar-refractivity contribution is 6.82. The quantitative estimate of drug-likeness (QED) is 0.143. The van der Waals surface area contributed by atoms with Crippen molar-refractivity contribution >= 4 is 57.5 Å². The molecular weight excluding hydrogens is 527 g/mol. The van der Waals surface area contributed by atoms with Gasteiger partial charge in [0.25, 0.3) is 0 Å². The second-order valence-corrected chi connectivity index (χ2v) is 34.5. The average molecular weight is 580 g/mol. The maximum atomic E-state index is 12.6. The summed E-state index contributed by atoms with van der Waals surface area (Å²) in [5.41, 5.74) is 0. The van der Waals surface area contributed by atoms with Crippen molar-refractivity contribution in [3.05, 3.63) is 12.7 Å². The van der Waals surface area contributed by atoms with E-state index in [1.165, 1.54) is 6.08 Å². The zero-order chi connectivity index (χ0) is 26.8. The third-order valence-corrected chi connectivity index (χ3v) is 19.1. The van der Waals surface area contributed by atoms with Crippen molar-refractivity contribution < 1.29 is 21.6 Å². The largest absolute Gasteiger partial charge is 0.436 e. The van der Waals surface area contributed by atoms with Crippen molar-refractivity contribution in [3.8, 4) is 0 Å². The number of nitrogens with zero attached hydrogens (tertiary/aromatic N) is 1. The van der Waals surface area contributed by atoms with Gasteiger partial charge < -0.3 is 21.7 Å². The number of amides is 1. The molecule has 0 rings (SSSR count). The van der Waals surface area contributed by atoms with Crippen LogP contribution in [-0.2, 0) is 21.6 Å². The van der Waals surface area contributed by atoms with Gasteiger partial charge in [-0.1, -0.05) is 19.7 Å². The second kappa shape index (κ2) is 14.9. The summed E-state index contributed by atoms with van der Waals surface area (Å²) in [6, 6.07) is 1.80. The van der Waals surface area contributed by atoms with Crippen LogP contribution >= 0.6 is 0 Å². The number of rotatable bonds is 18. The van der Waals surface area contributed by atoms with Gasteiger partial charge in [-0.05, 0) is 96.5 Å². The molecule has 1 unspecified atom stereocenters. The second-order valence-electron chi connectivity index (χ2n) is 12.4. The molecular formula is C22H53NO5Si6. The average Bonchev–Trinajstić information content (AvgIpc) is 2.60. The Kier molecular flexibility index (Phi) is 15.1. The number of hydrogen-bond acceptors (Lipinski definition) is 5. The van der Waals surface area contributed by atoms with Gasteiger partial charge in [-0.15, -0.1) is 0 Å². The maximum Gasteiger partial charge on any atom is 0.362 e. The highest BCUT2D eigenvalue weighted by Crippen LogP contribution is 2.22. The summed E-state index contributed by atoms with van der Waals surface area (Å²) in [6.45, 7) is 31.8. The first-order valence-corrected chi connectivity index (χ1v) is 29.5. The Labute approximate surface area is 218 Å². The fraction of sp³-hybridized carbons (Fsp3) is 0.864. The van der Waals surface area contributed by atoms with Crippen molar-refractivity contribution in [2.75, 3.05) is 19.3 Å². The molecule has 0 aliphatic heterocycles. The maximum absolute atomic E-state index is 12.6. The van der Waals surface area contributed by atoms with E-state index in [-0.39, 0.29) is 5.91 Å². The molecule has 0 fully saturated rings. The van der Waals surface area contributed by atoms with Gasteiger partial charge in [-0.25, -0.2) is 0 Å². The van der Waals surface area contributed by atoms with E-state index >= 15 is 0 Å². The minimum absolute atomic E-state index is 0.00554. The van der Waals surface area contributed by atoms with Crippen molar-refractivity contribution in [1.29, 1.82) is 0 Å². The Hall–Kier alpha value is 0.351. The fourth-order valence-electron chi connectivity index (χ4n) is 3.37. The van der Waals surface area contributed by atoms with Crippen molar-refractivity contribution in [2.24, 2.45) is 0 Å². The number of hydrogen-bond donors (Lipinski definition) is 0. The van der Waals surface area contributed by atoms with Crippen LogP contribution in [-0.4, -0.2) is 81.7 Å². The monoisotopic (exact) mass is 579 g/mol.